The Kier molecular flexibility index (Phi) is 7.92. The molecule has 0 saturated carbocycles. The number of anilines is 6. The molecule has 0 radical (unpaired) electrons. The fraction of sp³-hybridized carbons (Fsp3) is 0.138. The van der Waals surface area contributed by atoms with Crippen molar-refractivity contribution in [3.63, 3.8) is 0 Å². The molecule has 4 aromatic rings. The molecule has 1 saturated heterocycles. The van der Waals surface area contributed by atoms with Crippen LogP contribution in [0.4, 0.5) is 47.6 Å². The topological polar surface area (TPSA) is 91.4 Å². The van der Waals surface area contributed by atoms with E-state index in [9.17, 15) is 18.0 Å². The minimum atomic E-state index is -0.645. The van der Waals surface area contributed by atoms with Gasteiger partial charge in [0.15, 0.2) is 0 Å². The normalized spacial score (nSPS) is 13.0. The summed E-state index contributed by atoms with van der Waals surface area (Å²) < 4.78 is 48.3. The van der Waals surface area contributed by atoms with Crippen LogP contribution in [0.25, 0.3) is 11.3 Å². The number of halogens is 3. The standard InChI is InChI=1S/C29H25F3N6O2.3H2/c1-2-27(39)36-24-14-18(6-8-22(24)31)28-25(34-20-5-3-4-19(30)15-20)17-33-29(37-28)35-21-7-9-23(32)26(16-21)38-10-12-40-13-11-38;;;/h2-9,14-17,34H,1,10-13H2,(H,36,39)(H,33,35,37);3*1H. The average Bonchev–Trinajstić information content (AvgIpc) is 2.96. The molecule has 11 heteroatoms. The van der Waals surface area contributed by atoms with Gasteiger partial charge in [-0.15, -0.1) is 0 Å². The van der Waals surface area contributed by atoms with Crippen LogP contribution in [0.1, 0.15) is 4.28 Å². The maximum Gasteiger partial charge on any atom is 0.247 e. The highest BCUT2D eigenvalue weighted by Crippen LogP contribution is 2.33. The van der Waals surface area contributed by atoms with Crippen LogP contribution in [-0.2, 0) is 9.53 Å². The number of aromatic nitrogens is 2. The summed E-state index contributed by atoms with van der Waals surface area (Å²) in [6.45, 7) is 5.54. The van der Waals surface area contributed by atoms with Crippen molar-refractivity contribution in [3.05, 3.63) is 97.0 Å². The third-order valence-corrected chi connectivity index (χ3v) is 6.13. The number of nitrogens with zero attached hydrogens (tertiary/aromatic N) is 3. The molecule has 0 bridgehead atoms. The van der Waals surface area contributed by atoms with Crippen LogP contribution >= 0.6 is 0 Å². The van der Waals surface area contributed by atoms with Gasteiger partial charge in [0.1, 0.15) is 17.5 Å². The Labute approximate surface area is 233 Å². The largest absolute Gasteiger partial charge is 0.378 e. The molecule has 0 atom stereocenters. The van der Waals surface area contributed by atoms with E-state index in [4.69, 9.17) is 4.74 Å². The van der Waals surface area contributed by atoms with Crippen LogP contribution in [0.3, 0.4) is 0 Å². The number of hydrogen-bond donors (Lipinski definition) is 3. The lowest BCUT2D eigenvalue weighted by Gasteiger charge is -2.29. The van der Waals surface area contributed by atoms with Crippen LogP contribution in [0.5, 0.6) is 0 Å². The number of rotatable bonds is 8. The number of nitrogens with one attached hydrogen (secondary N) is 3. The monoisotopic (exact) mass is 552 g/mol. The Balaban J connectivity index is 0.00000215. The van der Waals surface area contributed by atoms with Crippen LogP contribution in [-0.4, -0.2) is 42.2 Å². The fourth-order valence-electron chi connectivity index (χ4n) is 4.19. The third kappa shape index (κ3) is 6.21. The summed E-state index contributed by atoms with van der Waals surface area (Å²) in [6, 6.07) is 14.6. The first-order valence-corrected chi connectivity index (χ1v) is 12.4. The number of benzene rings is 3. The molecular formula is C29H31F3N6O2. The van der Waals surface area contributed by atoms with E-state index in [1.807, 2.05) is 4.90 Å². The van der Waals surface area contributed by atoms with E-state index in [1.54, 1.807) is 24.3 Å². The minimum absolute atomic E-state index is 0. The zero-order valence-electron chi connectivity index (χ0n) is 21.3. The molecule has 210 valence electrons. The van der Waals surface area contributed by atoms with Gasteiger partial charge in [-0.3, -0.25) is 4.79 Å². The van der Waals surface area contributed by atoms with Crippen molar-refractivity contribution < 1.29 is 27.0 Å². The van der Waals surface area contributed by atoms with Gasteiger partial charge in [-0.05, 0) is 60.7 Å². The molecule has 1 aromatic heterocycles. The summed E-state index contributed by atoms with van der Waals surface area (Å²) in [5.41, 5.74) is 2.54. The summed E-state index contributed by atoms with van der Waals surface area (Å²) in [4.78, 5) is 22.7. The highest BCUT2D eigenvalue weighted by atomic mass is 19.1. The fourth-order valence-corrected chi connectivity index (χ4v) is 4.19. The summed E-state index contributed by atoms with van der Waals surface area (Å²) >= 11 is 0. The van der Waals surface area contributed by atoms with Gasteiger partial charge >= 0.3 is 0 Å². The highest BCUT2D eigenvalue weighted by Gasteiger charge is 2.17. The van der Waals surface area contributed by atoms with Crippen LogP contribution in [0.2, 0.25) is 0 Å². The van der Waals surface area contributed by atoms with Crippen molar-refractivity contribution in [1.29, 1.82) is 0 Å². The molecule has 3 N–H and O–H groups in total. The van der Waals surface area contributed by atoms with E-state index in [0.29, 0.717) is 60.3 Å². The van der Waals surface area contributed by atoms with Crippen molar-refractivity contribution >= 4 is 40.3 Å². The van der Waals surface area contributed by atoms with Gasteiger partial charge in [-0.25, -0.2) is 23.1 Å². The lowest BCUT2D eigenvalue weighted by atomic mass is 10.1. The van der Waals surface area contributed by atoms with Crippen molar-refractivity contribution in [2.45, 2.75) is 0 Å². The predicted molar refractivity (Wildman–Crippen MR) is 155 cm³/mol. The lowest BCUT2D eigenvalue weighted by Crippen LogP contribution is -2.36. The number of morpholine rings is 1. The Bertz CT molecular complexity index is 1570. The quantitative estimate of drug-likeness (QED) is 0.208. The average molecular weight is 553 g/mol. The third-order valence-electron chi connectivity index (χ3n) is 6.13. The zero-order valence-corrected chi connectivity index (χ0v) is 21.3. The van der Waals surface area contributed by atoms with E-state index >= 15 is 0 Å². The Hall–Kier alpha value is -4.90. The number of amides is 1. The van der Waals surface area contributed by atoms with Gasteiger partial charge < -0.3 is 25.6 Å². The van der Waals surface area contributed by atoms with Crippen molar-refractivity contribution in [1.82, 2.24) is 9.97 Å². The van der Waals surface area contributed by atoms with E-state index in [0.717, 1.165) is 6.08 Å². The van der Waals surface area contributed by atoms with Crippen molar-refractivity contribution in [2.75, 3.05) is 47.2 Å². The molecule has 1 amide bonds. The second-order valence-corrected chi connectivity index (χ2v) is 8.87. The molecule has 8 nitrogen and oxygen atoms in total. The highest BCUT2D eigenvalue weighted by molar-refractivity contribution is 5.99. The molecular weight excluding hydrogens is 521 g/mol. The summed E-state index contributed by atoms with van der Waals surface area (Å²) in [5.74, 6) is -1.83. The second-order valence-electron chi connectivity index (χ2n) is 8.87. The van der Waals surface area contributed by atoms with Gasteiger partial charge in [0.05, 0.1) is 42.2 Å². The Morgan fingerprint density at radius 3 is 2.50 bits per heavy atom. The number of ether oxygens (including phenoxy) is 1. The molecule has 1 aliphatic heterocycles. The Morgan fingerprint density at radius 2 is 1.73 bits per heavy atom. The molecule has 1 fully saturated rings. The minimum Gasteiger partial charge on any atom is -0.378 e. The SMILES string of the molecule is C=CC(=O)Nc1cc(-c2nc(Nc3ccc(F)c(N4CCOCC4)c3)ncc2Nc2cccc(F)c2)ccc1F.[HH].[HH].[HH]. The zero-order chi connectivity index (χ0) is 28.1. The van der Waals surface area contributed by atoms with Crippen LogP contribution in [0, 0.1) is 17.5 Å². The molecule has 3 aromatic carbocycles. The maximum atomic E-state index is 14.6. The predicted octanol–water partition coefficient (Wildman–Crippen LogP) is 6.75. The lowest BCUT2D eigenvalue weighted by molar-refractivity contribution is -0.111. The van der Waals surface area contributed by atoms with E-state index in [2.05, 4.69) is 32.5 Å². The number of hydrogen-bond acceptors (Lipinski definition) is 7. The van der Waals surface area contributed by atoms with Gasteiger partial charge in [0.2, 0.25) is 11.9 Å². The first-order chi connectivity index (χ1) is 19.4. The molecule has 2 heterocycles. The van der Waals surface area contributed by atoms with E-state index < -0.39 is 17.5 Å². The summed E-state index contributed by atoms with van der Waals surface area (Å²) in [6.07, 6.45) is 2.52. The van der Waals surface area contributed by atoms with E-state index in [-0.39, 0.29) is 21.7 Å². The van der Waals surface area contributed by atoms with Gasteiger partial charge in [-0.2, -0.15) is 0 Å². The molecule has 5 rings (SSSR count). The molecule has 0 aliphatic carbocycles. The second kappa shape index (κ2) is 11.9. The van der Waals surface area contributed by atoms with E-state index in [1.165, 1.54) is 42.6 Å². The number of carbonyl (C=O) groups is 1. The maximum absolute atomic E-state index is 14.6. The summed E-state index contributed by atoms with van der Waals surface area (Å²) in [5, 5.41) is 8.62. The Morgan fingerprint density at radius 1 is 0.950 bits per heavy atom. The molecule has 0 unspecified atom stereocenters. The van der Waals surface area contributed by atoms with Crippen LogP contribution in [0.15, 0.2) is 79.5 Å². The molecule has 40 heavy (non-hydrogen) atoms. The van der Waals surface area contributed by atoms with Crippen LogP contribution < -0.4 is 20.9 Å². The van der Waals surface area contributed by atoms with Gasteiger partial charge in [0, 0.05) is 34.3 Å². The van der Waals surface area contributed by atoms with Crippen molar-refractivity contribution in [3.8, 4) is 11.3 Å². The van der Waals surface area contributed by atoms with Gasteiger partial charge in [-0.1, -0.05) is 12.6 Å². The smallest absolute Gasteiger partial charge is 0.247 e. The molecule has 0 spiro atoms. The summed E-state index contributed by atoms with van der Waals surface area (Å²) in [7, 11) is 0. The van der Waals surface area contributed by atoms with Crippen molar-refractivity contribution in [2.24, 2.45) is 0 Å². The first kappa shape index (κ1) is 26.7. The first-order valence-electron chi connectivity index (χ1n) is 12.4. The number of carbonyl (C=O) groups excluding carboxylic acids is 1. The molecule has 1 aliphatic rings. The van der Waals surface area contributed by atoms with Gasteiger partial charge in [0.25, 0.3) is 0 Å².